The van der Waals surface area contributed by atoms with Crippen molar-refractivity contribution in [2.24, 2.45) is 13.0 Å². The Morgan fingerprint density at radius 1 is 1.29 bits per heavy atom. The Hall–Kier alpha value is -2.36. The molecule has 6 heteroatoms. The summed E-state index contributed by atoms with van der Waals surface area (Å²) in [5.41, 5.74) is 4.64. The van der Waals surface area contributed by atoms with Gasteiger partial charge >= 0.3 is 0 Å². The van der Waals surface area contributed by atoms with Gasteiger partial charge < -0.3 is 0 Å². The van der Waals surface area contributed by atoms with Crippen LogP contribution in [0.3, 0.4) is 0 Å². The number of nitriles is 1. The lowest BCUT2D eigenvalue weighted by Gasteiger charge is -2.32. The molecule has 0 spiro atoms. The van der Waals surface area contributed by atoms with Gasteiger partial charge in [-0.15, -0.1) is 0 Å². The summed E-state index contributed by atoms with van der Waals surface area (Å²) in [6, 6.07) is 10.6. The van der Waals surface area contributed by atoms with E-state index in [4.69, 9.17) is 0 Å². The van der Waals surface area contributed by atoms with Crippen LogP contribution in [0, 0.1) is 17.2 Å². The number of hydrogen-bond donors (Lipinski definition) is 0. The van der Waals surface area contributed by atoms with E-state index in [1.165, 1.54) is 30.7 Å². The summed E-state index contributed by atoms with van der Waals surface area (Å²) in [4.78, 5) is 7.16. The van der Waals surface area contributed by atoms with Crippen LogP contribution < -0.4 is 0 Å². The molecule has 0 amide bonds. The smallest absolute Gasteiger partial charge is 0.141 e. The molecular weight excluding hydrogens is 366 g/mol. The van der Waals surface area contributed by atoms with Crippen LogP contribution in [0.5, 0.6) is 0 Å². The van der Waals surface area contributed by atoms with Gasteiger partial charge in [-0.1, -0.05) is 12.1 Å². The van der Waals surface area contributed by atoms with Crippen LogP contribution in [0.4, 0.5) is 0 Å². The highest BCUT2D eigenvalue weighted by molar-refractivity contribution is 8.00. The van der Waals surface area contributed by atoms with Crippen molar-refractivity contribution in [1.82, 2.24) is 19.7 Å². The quantitative estimate of drug-likeness (QED) is 0.679. The number of thioether (sulfide) groups is 1. The fourth-order valence-electron chi connectivity index (χ4n) is 4.12. The molecule has 1 atom stereocenters. The maximum Gasteiger partial charge on any atom is 0.141 e. The van der Waals surface area contributed by atoms with Gasteiger partial charge in [-0.2, -0.15) is 22.1 Å². The lowest BCUT2D eigenvalue weighted by Crippen LogP contribution is -2.38. The highest BCUT2D eigenvalue weighted by Crippen LogP contribution is 2.41. The van der Waals surface area contributed by atoms with Gasteiger partial charge in [0, 0.05) is 54.8 Å². The molecule has 1 aromatic carbocycles. The Kier molecular flexibility index (Phi) is 4.58. The second kappa shape index (κ2) is 7.23. The number of nitrogens with zero attached hydrogens (tertiary/aromatic N) is 5. The molecule has 1 saturated carbocycles. The van der Waals surface area contributed by atoms with Crippen LogP contribution in [0.25, 0.3) is 22.0 Å². The van der Waals surface area contributed by atoms with Crippen molar-refractivity contribution in [3.8, 4) is 17.2 Å². The SMILES string of the molecule is Cn1cc(-c2cc(C#N)nc3cc(CN4CCSC(C5CC5)C4)ccc23)cn1. The molecule has 5 rings (SSSR count). The van der Waals surface area contributed by atoms with Gasteiger partial charge in [0.05, 0.1) is 11.7 Å². The van der Waals surface area contributed by atoms with E-state index in [-0.39, 0.29) is 0 Å². The minimum Gasteiger partial charge on any atom is -0.297 e. The van der Waals surface area contributed by atoms with Crippen LogP contribution in [0.2, 0.25) is 0 Å². The minimum atomic E-state index is 0.451. The molecule has 28 heavy (non-hydrogen) atoms. The third-order valence-corrected chi connectivity index (χ3v) is 7.12. The summed E-state index contributed by atoms with van der Waals surface area (Å²) < 4.78 is 1.78. The molecule has 2 fully saturated rings. The first kappa shape index (κ1) is 17.7. The molecule has 0 bridgehead atoms. The molecule has 0 N–H and O–H groups in total. The summed E-state index contributed by atoms with van der Waals surface area (Å²) in [5.74, 6) is 2.18. The molecule has 1 saturated heterocycles. The second-order valence-electron chi connectivity index (χ2n) is 7.90. The highest BCUT2D eigenvalue weighted by Gasteiger charge is 2.34. The van der Waals surface area contributed by atoms with Crippen molar-refractivity contribution < 1.29 is 0 Å². The van der Waals surface area contributed by atoms with Crippen LogP contribution in [-0.2, 0) is 13.6 Å². The zero-order chi connectivity index (χ0) is 19.1. The monoisotopic (exact) mass is 389 g/mol. The Morgan fingerprint density at radius 3 is 2.93 bits per heavy atom. The van der Waals surface area contributed by atoms with Crippen molar-refractivity contribution in [1.29, 1.82) is 5.26 Å². The van der Waals surface area contributed by atoms with Gasteiger partial charge in [-0.25, -0.2) is 4.98 Å². The Labute approximate surface area is 169 Å². The van der Waals surface area contributed by atoms with E-state index >= 15 is 0 Å². The number of benzene rings is 1. The predicted molar refractivity (Wildman–Crippen MR) is 113 cm³/mol. The molecule has 3 heterocycles. The summed E-state index contributed by atoms with van der Waals surface area (Å²) in [5, 5.41) is 15.6. The highest BCUT2D eigenvalue weighted by atomic mass is 32.2. The van der Waals surface area contributed by atoms with Crippen molar-refractivity contribution in [2.45, 2.75) is 24.6 Å². The van der Waals surface area contributed by atoms with E-state index in [1.807, 2.05) is 25.5 Å². The summed E-state index contributed by atoms with van der Waals surface area (Å²) in [6.07, 6.45) is 6.65. The first-order chi connectivity index (χ1) is 13.7. The van der Waals surface area contributed by atoms with Gasteiger partial charge in [0.1, 0.15) is 11.8 Å². The van der Waals surface area contributed by atoms with Crippen LogP contribution in [0.15, 0.2) is 36.7 Å². The van der Waals surface area contributed by atoms with Gasteiger partial charge in [-0.05, 0) is 42.0 Å². The number of rotatable bonds is 4. The number of fused-ring (bicyclic) bond motifs is 1. The average molecular weight is 390 g/mol. The van der Waals surface area contributed by atoms with E-state index < -0.39 is 0 Å². The second-order valence-corrected chi connectivity index (χ2v) is 9.25. The molecule has 0 radical (unpaired) electrons. The molecule has 3 aromatic rings. The Balaban J connectivity index is 1.46. The summed E-state index contributed by atoms with van der Waals surface area (Å²) >= 11 is 2.16. The van der Waals surface area contributed by atoms with Crippen molar-refractivity contribution >= 4 is 22.7 Å². The van der Waals surface area contributed by atoms with Crippen molar-refractivity contribution in [3.63, 3.8) is 0 Å². The molecule has 142 valence electrons. The van der Waals surface area contributed by atoms with Crippen molar-refractivity contribution in [3.05, 3.63) is 47.9 Å². The molecular formula is C22H23N5S. The van der Waals surface area contributed by atoms with E-state index in [1.54, 1.807) is 4.68 Å². The maximum absolute atomic E-state index is 9.45. The van der Waals surface area contributed by atoms with Gasteiger partial charge in [-0.3, -0.25) is 9.58 Å². The molecule has 2 aromatic heterocycles. The van der Waals surface area contributed by atoms with Crippen LogP contribution in [-0.4, -0.2) is 43.8 Å². The zero-order valence-electron chi connectivity index (χ0n) is 16.0. The first-order valence-electron chi connectivity index (χ1n) is 9.86. The van der Waals surface area contributed by atoms with Gasteiger partial charge in [0.25, 0.3) is 0 Å². The Bertz CT molecular complexity index is 1060. The van der Waals surface area contributed by atoms with Crippen LogP contribution >= 0.6 is 11.8 Å². The average Bonchev–Trinajstić information content (AvgIpc) is 3.48. The van der Waals surface area contributed by atoms with E-state index in [2.05, 4.69) is 51.0 Å². The van der Waals surface area contributed by atoms with E-state index in [0.717, 1.165) is 46.3 Å². The minimum absolute atomic E-state index is 0.451. The zero-order valence-corrected chi connectivity index (χ0v) is 16.8. The summed E-state index contributed by atoms with van der Waals surface area (Å²) in [6.45, 7) is 3.30. The van der Waals surface area contributed by atoms with Crippen LogP contribution in [0.1, 0.15) is 24.1 Å². The molecule has 5 nitrogen and oxygen atoms in total. The number of aromatic nitrogens is 3. The maximum atomic E-state index is 9.45. The number of hydrogen-bond acceptors (Lipinski definition) is 5. The first-order valence-corrected chi connectivity index (χ1v) is 10.9. The van der Waals surface area contributed by atoms with E-state index in [0.29, 0.717) is 5.69 Å². The standard InChI is InChI=1S/C22H23N5S/c1-26-13-17(11-24-26)20-9-18(10-23)25-21-8-15(2-5-19(20)21)12-27-6-7-28-22(14-27)16-3-4-16/h2,5,8-9,11,13,16,22H,3-4,6-7,12,14H2,1H3. The van der Waals surface area contributed by atoms with Gasteiger partial charge in [0.2, 0.25) is 0 Å². The Morgan fingerprint density at radius 2 is 2.18 bits per heavy atom. The van der Waals surface area contributed by atoms with Crippen molar-refractivity contribution in [2.75, 3.05) is 18.8 Å². The summed E-state index contributed by atoms with van der Waals surface area (Å²) in [7, 11) is 1.90. The fraction of sp³-hybridized carbons (Fsp3) is 0.409. The van der Waals surface area contributed by atoms with E-state index in [9.17, 15) is 5.26 Å². The largest absolute Gasteiger partial charge is 0.297 e. The lowest BCUT2D eigenvalue weighted by molar-refractivity contribution is 0.269. The third-order valence-electron chi connectivity index (χ3n) is 5.74. The predicted octanol–water partition coefficient (Wildman–Crippen LogP) is 3.83. The molecule has 1 aliphatic carbocycles. The number of aryl methyl sites for hydroxylation is 1. The normalized spacial score (nSPS) is 20.4. The molecule has 1 aliphatic heterocycles. The molecule has 1 unspecified atom stereocenters. The number of pyridine rings is 1. The topological polar surface area (TPSA) is 57.7 Å². The van der Waals surface area contributed by atoms with Gasteiger partial charge in [0.15, 0.2) is 0 Å². The lowest BCUT2D eigenvalue weighted by atomic mass is 10.0. The third kappa shape index (κ3) is 3.52. The molecule has 2 aliphatic rings. The fourth-order valence-corrected chi connectivity index (χ4v) is 5.64.